The number of aryl methyl sites for hydroxylation is 2. The summed E-state index contributed by atoms with van der Waals surface area (Å²) in [6.07, 6.45) is 2.57. The van der Waals surface area contributed by atoms with Crippen LogP contribution in [0, 0.1) is 18.3 Å². The van der Waals surface area contributed by atoms with Gasteiger partial charge in [-0.25, -0.2) is 0 Å². The zero-order chi connectivity index (χ0) is 15.9. The Kier molecular flexibility index (Phi) is 5.11. The number of carbonyl (C=O) groups excluding carboxylic acids is 1. The van der Waals surface area contributed by atoms with Gasteiger partial charge < -0.3 is 5.32 Å². The first-order valence-corrected chi connectivity index (χ1v) is 7.21. The van der Waals surface area contributed by atoms with Crippen molar-refractivity contribution in [1.29, 1.82) is 5.26 Å². The molecule has 0 bridgehead atoms. The van der Waals surface area contributed by atoms with Gasteiger partial charge in [-0.3, -0.25) is 4.79 Å². The normalized spacial score (nSPS) is 10.9. The van der Waals surface area contributed by atoms with E-state index in [1.54, 1.807) is 6.08 Å². The van der Waals surface area contributed by atoms with E-state index in [1.807, 2.05) is 61.5 Å². The van der Waals surface area contributed by atoms with Gasteiger partial charge in [0, 0.05) is 5.69 Å². The van der Waals surface area contributed by atoms with Crippen LogP contribution in [0.5, 0.6) is 0 Å². The summed E-state index contributed by atoms with van der Waals surface area (Å²) < 4.78 is 0. The molecule has 0 spiro atoms. The highest BCUT2D eigenvalue weighted by Crippen LogP contribution is 2.15. The second kappa shape index (κ2) is 7.24. The maximum atomic E-state index is 12.2. The topological polar surface area (TPSA) is 52.9 Å². The summed E-state index contributed by atoms with van der Waals surface area (Å²) in [4.78, 5) is 12.2. The number of nitrogens with one attached hydrogen (secondary N) is 1. The van der Waals surface area contributed by atoms with Crippen molar-refractivity contribution in [2.24, 2.45) is 0 Å². The van der Waals surface area contributed by atoms with Gasteiger partial charge in [-0.05, 0) is 48.2 Å². The highest BCUT2D eigenvalue weighted by molar-refractivity contribution is 6.09. The van der Waals surface area contributed by atoms with Crippen molar-refractivity contribution in [3.05, 3.63) is 70.8 Å². The summed E-state index contributed by atoms with van der Waals surface area (Å²) in [5.74, 6) is -0.394. The molecule has 0 aliphatic carbocycles. The first kappa shape index (κ1) is 15.5. The predicted molar refractivity (Wildman–Crippen MR) is 89.2 cm³/mol. The van der Waals surface area contributed by atoms with Crippen molar-refractivity contribution in [1.82, 2.24) is 0 Å². The zero-order valence-corrected chi connectivity index (χ0v) is 12.8. The molecule has 1 N–H and O–H groups in total. The fourth-order valence-electron chi connectivity index (χ4n) is 2.08. The third kappa shape index (κ3) is 3.83. The fourth-order valence-corrected chi connectivity index (χ4v) is 2.08. The molecule has 0 unspecified atom stereocenters. The lowest BCUT2D eigenvalue weighted by molar-refractivity contribution is -0.112. The molecule has 0 atom stereocenters. The lowest BCUT2D eigenvalue weighted by Gasteiger charge is -2.06. The summed E-state index contributed by atoms with van der Waals surface area (Å²) in [5, 5.41) is 12.0. The van der Waals surface area contributed by atoms with E-state index in [0.29, 0.717) is 5.69 Å². The minimum Gasteiger partial charge on any atom is -0.321 e. The van der Waals surface area contributed by atoms with Crippen molar-refractivity contribution in [3.63, 3.8) is 0 Å². The van der Waals surface area contributed by atoms with Crippen LogP contribution in [0.25, 0.3) is 6.08 Å². The lowest BCUT2D eigenvalue weighted by atomic mass is 10.1. The zero-order valence-electron chi connectivity index (χ0n) is 12.8. The Bertz CT molecular complexity index is 737. The van der Waals surface area contributed by atoms with Crippen molar-refractivity contribution in [2.75, 3.05) is 5.32 Å². The van der Waals surface area contributed by atoms with Gasteiger partial charge in [-0.2, -0.15) is 5.26 Å². The molecule has 0 fully saturated rings. The number of hydrogen-bond acceptors (Lipinski definition) is 2. The van der Waals surface area contributed by atoms with E-state index in [4.69, 9.17) is 0 Å². The Balaban J connectivity index is 2.19. The molecule has 2 aromatic carbocycles. The van der Waals surface area contributed by atoms with Crippen LogP contribution in [-0.2, 0) is 11.2 Å². The molecule has 1 amide bonds. The minimum atomic E-state index is -0.394. The first-order chi connectivity index (χ1) is 10.6. The van der Waals surface area contributed by atoms with Gasteiger partial charge >= 0.3 is 0 Å². The van der Waals surface area contributed by atoms with Crippen LogP contribution in [0.15, 0.2) is 54.1 Å². The third-order valence-corrected chi connectivity index (χ3v) is 3.47. The largest absolute Gasteiger partial charge is 0.321 e. The molecule has 2 aromatic rings. The molecule has 0 saturated carbocycles. The Hall–Kier alpha value is -2.86. The summed E-state index contributed by atoms with van der Waals surface area (Å²) >= 11 is 0. The van der Waals surface area contributed by atoms with E-state index >= 15 is 0 Å². The second-order valence-corrected chi connectivity index (χ2v) is 5.03. The molecule has 0 aliphatic rings. The van der Waals surface area contributed by atoms with Crippen LogP contribution in [0.3, 0.4) is 0 Å². The van der Waals surface area contributed by atoms with Gasteiger partial charge in [0.2, 0.25) is 0 Å². The molecule has 0 radical (unpaired) electrons. The average Bonchev–Trinajstić information content (AvgIpc) is 2.54. The number of nitrogens with zero attached hydrogens (tertiary/aromatic N) is 1. The van der Waals surface area contributed by atoms with Crippen LogP contribution in [0.1, 0.15) is 23.6 Å². The van der Waals surface area contributed by atoms with Gasteiger partial charge in [0.05, 0.1) is 0 Å². The average molecular weight is 290 g/mol. The van der Waals surface area contributed by atoms with E-state index in [2.05, 4.69) is 12.2 Å². The van der Waals surface area contributed by atoms with Crippen molar-refractivity contribution >= 4 is 17.7 Å². The summed E-state index contributed by atoms with van der Waals surface area (Å²) in [6.45, 7) is 4.02. The van der Waals surface area contributed by atoms with E-state index in [-0.39, 0.29) is 5.57 Å². The Morgan fingerprint density at radius 2 is 1.86 bits per heavy atom. The van der Waals surface area contributed by atoms with Crippen LogP contribution >= 0.6 is 0 Å². The van der Waals surface area contributed by atoms with Crippen molar-refractivity contribution in [2.45, 2.75) is 20.3 Å². The number of rotatable bonds is 4. The first-order valence-electron chi connectivity index (χ1n) is 7.21. The van der Waals surface area contributed by atoms with Crippen LogP contribution < -0.4 is 5.32 Å². The van der Waals surface area contributed by atoms with E-state index in [0.717, 1.165) is 17.5 Å². The highest BCUT2D eigenvalue weighted by Gasteiger charge is 2.10. The van der Waals surface area contributed by atoms with E-state index in [9.17, 15) is 10.1 Å². The molecule has 110 valence electrons. The predicted octanol–water partition coefficient (Wildman–Crippen LogP) is 4.10. The van der Waals surface area contributed by atoms with Gasteiger partial charge in [0.15, 0.2) is 0 Å². The van der Waals surface area contributed by atoms with Crippen LogP contribution in [0.2, 0.25) is 0 Å². The molecule has 22 heavy (non-hydrogen) atoms. The number of anilines is 1. The van der Waals surface area contributed by atoms with Crippen LogP contribution in [-0.4, -0.2) is 5.91 Å². The summed E-state index contributed by atoms with van der Waals surface area (Å²) in [6, 6.07) is 17.2. The summed E-state index contributed by atoms with van der Waals surface area (Å²) in [5.41, 5.74) is 3.88. The Morgan fingerprint density at radius 1 is 1.18 bits per heavy atom. The number of benzene rings is 2. The lowest BCUT2D eigenvalue weighted by Crippen LogP contribution is -2.13. The highest BCUT2D eigenvalue weighted by atomic mass is 16.1. The summed E-state index contributed by atoms with van der Waals surface area (Å²) in [7, 11) is 0. The van der Waals surface area contributed by atoms with Crippen molar-refractivity contribution in [3.8, 4) is 6.07 Å². The molecule has 0 heterocycles. The fraction of sp³-hybridized carbons (Fsp3) is 0.158. The number of hydrogen-bond donors (Lipinski definition) is 1. The smallest absolute Gasteiger partial charge is 0.266 e. The van der Waals surface area contributed by atoms with Crippen molar-refractivity contribution < 1.29 is 4.79 Å². The standard InChI is InChI=1S/C19H18N2O/c1-3-15-8-10-18(11-9-15)21-19(22)17(13-20)12-16-7-5-4-6-14(16)2/h4-12H,3H2,1-2H3,(H,21,22)/b17-12+. The molecule has 0 saturated heterocycles. The molecular weight excluding hydrogens is 272 g/mol. The minimum absolute atomic E-state index is 0.0915. The molecule has 3 heteroatoms. The Labute approximate surface area is 130 Å². The van der Waals surface area contributed by atoms with Crippen LogP contribution in [0.4, 0.5) is 5.69 Å². The number of nitriles is 1. The SMILES string of the molecule is CCc1ccc(NC(=O)/C(C#N)=C/c2ccccc2C)cc1. The number of amides is 1. The quantitative estimate of drug-likeness (QED) is 0.680. The maximum absolute atomic E-state index is 12.2. The van der Waals surface area contributed by atoms with E-state index < -0.39 is 5.91 Å². The van der Waals surface area contributed by atoms with E-state index in [1.165, 1.54) is 5.56 Å². The second-order valence-electron chi connectivity index (χ2n) is 5.03. The van der Waals surface area contributed by atoms with Gasteiger partial charge in [-0.1, -0.05) is 43.3 Å². The molecule has 3 nitrogen and oxygen atoms in total. The molecule has 2 rings (SSSR count). The monoisotopic (exact) mass is 290 g/mol. The molecule has 0 aromatic heterocycles. The Morgan fingerprint density at radius 3 is 2.45 bits per heavy atom. The molecule has 0 aliphatic heterocycles. The van der Waals surface area contributed by atoms with Gasteiger partial charge in [-0.15, -0.1) is 0 Å². The number of carbonyl (C=O) groups is 1. The van der Waals surface area contributed by atoms with Gasteiger partial charge in [0.25, 0.3) is 5.91 Å². The molecular formula is C19H18N2O. The third-order valence-electron chi connectivity index (χ3n) is 3.47. The van der Waals surface area contributed by atoms with Gasteiger partial charge in [0.1, 0.15) is 11.6 Å². The maximum Gasteiger partial charge on any atom is 0.266 e.